The molecular formula is C22H20N2S. The average molecular weight is 344 g/mol. The van der Waals surface area contributed by atoms with E-state index in [4.69, 9.17) is 4.98 Å². The maximum atomic E-state index is 4.76. The minimum absolute atomic E-state index is 0.271. The number of hydrogen-bond donors (Lipinski definition) is 1. The molecule has 0 bridgehead atoms. The van der Waals surface area contributed by atoms with Gasteiger partial charge in [0.25, 0.3) is 0 Å². The summed E-state index contributed by atoms with van der Waals surface area (Å²) in [4.78, 5) is 4.76. The van der Waals surface area contributed by atoms with Crippen molar-refractivity contribution in [2.75, 3.05) is 0 Å². The van der Waals surface area contributed by atoms with E-state index in [1.807, 2.05) is 6.07 Å². The molecule has 1 heterocycles. The molecule has 0 spiro atoms. The van der Waals surface area contributed by atoms with Crippen LogP contribution in [0.15, 0.2) is 78.2 Å². The third-order valence-electron chi connectivity index (χ3n) is 4.45. The second-order valence-corrected chi connectivity index (χ2v) is 7.04. The van der Waals surface area contributed by atoms with E-state index >= 15 is 0 Å². The Morgan fingerprint density at radius 2 is 1.68 bits per heavy atom. The molecule has 124 valence electrons. The lowest BCUT2D eigenvalue weighted by Gasteiger charge is -2.16. The van der Waals surface area contributed by atoms with Crippen LogP contribution in [-0.4, -0.2) is 4.98 Å². The smallest absolute Gasteiger partial charge is 0.123 e. The molecular weight excluding hydrogens is 324 g/mol. The fraction of sp³-hybridized carbons (Fsp3) is 0.136. The van der Waals surface area contributed by atoms with Gasteiger partial charge in [-0.2, -0.15) is 0 Å². The molecule has 1 atom stereocenters. The van der Waals surface area contributed by atoms with E-state index in [0.29, 0.717) is 0 Å². The summed E-state index contributed by atoms with van der Waals surface area (Å²) in [6.45, 7) is 2.99. The average Bonchev–Trinajstić information content (AvgIpc) is 3.15. The monoisotopic (exact) mass is 344 g/mol. The van der Waals surface area contributed by atoms with Gasteiger partial charge in [0.1, 0.15) is 5.01 Å². The van der Waals surface area contributed by atoms with Gasteiger partial charge in [0.05, 0.1) is 5.69 Å². The largest absolute Gasteiger partial charge is 0.305 e. The Morgan fingerprint density at radius 1 is 0.920 bits per heavy atom. The zero-order chi connectivity index (χ0) is 17.1. The molecule has 0 unspecified atom stereocenters. The first-order chi connectivity index (χ1) is 12.3. The molecule has 2 nitrogen and oxygen atoms in total. The van der Waals surface area contributed by atoms with Crippen molar-refractivity contribution in [3.05, 3.63) is 89.4 Å². The van der Waals surface area contributed by atoms with Gasteiger partial charge in [0, 0.05) is 23.5 Å². The Bertz CT molecular complexity index is 970. The predicted octanol–water partition coefficient (Wildman–Crippen LogP) is 5.81. The van der Waals surface area contributed by atoms with Crippen LogP contribution in [0.3, 0.4) is 0 Å². The zero-order valence-corrected chi connectivity index (χ0v) is 15.0. The SMILES string of the molecule is C[C@@H](NCc1csc(-c2ccccc2)n1)c1cccc2ccccc12. The Labute approximate surface area is 152 Å². The van der Waals surface area contributed by atoms with Crippen LogP contribution in [0, 0.1) is 0 Å². The highest BCUT2D eigenvalue weighted by Crippen LogP contribution is 2.26. The van der Waals surface area contributed by atoms with Crippen LogP contribution in [0.2, 0.25) is 0 Å². The van der Waals surface area contributed by atoms with Gasteiger partial charge in [-0.15, -0.1) is 11.3 Å². The number of rotatable bonds is 5. The maximum absolute atomic E-state index is 4.76. The molecule has 0 aliphatic heterocycles. The molecule has 0 aliphatic rings. The van der Waals surface area contributed by atoms with E-state index in [9.17, 15) is 0 Å². The molecule has 4 rings (SSSR count). The molecule has 0 saturated carbocycles. The third kappa shape index (κ3) is 3.48. The Morgan fingerprint density at radius 3 is 2.56 bits per heavy atom. The highest BCUT2D eigenvalue weighted by atomic mass is 32.1. The summed E-state index contributed by atoms with van der Waals surface area (Å²) in [7, 11) is 0. The summed E-state index contributed by atoms with van der Waals surface area (Å²) in [6, 6.07) is 25.7. The normalized spacial score (nSPS) is 12.4. The van der Waals surface area contributed by atoms with Gasteiger partial charge >= 0.3 is 0 Å². The van der Waals surface area contributed by atoms with Crippen LogP contribution in [-0.2, 0) is 6.54 Å². The number of nitrogens with one attached hydrogen (secondary N) is 1. The Balaban J connectivity index is 1.49. The summed E-state index contributed by atoms with van der Waals surface area (Å²) < 4.78 is 0. The van der Waals surface area contributed by atoms with E-state index < -0.39 is 0 Å². The van der Waals surface area contributed by atoms with E-state index in [1.54, 1.807) is 11.3 Å². The van der Waals surface area contributed by atoms with Crippen LogP contribution in [0.1, 0.15) is 24.2 Å². The van der Waals surface area contributed by atoms with E-state index in [2.05, 4.69) is 84.4 Å². The van der Waals surface area contributed by atoms with Crippen molar-refractivity contribution in [1.82, 2.24) is 10.3 Å². The fourth-order valence-electron chi connectivity index (χ4n) is 3.10. The van der Waals surface area contributed by atoms with Gasteiger partial charge in [-0.3, -0.25) is 0 Å². The van der Waals surface area contributed by atoms with Crippen molar-refractivity contribution < 1.29 is 0 Å². The first-order valence-corrected chi connectivity index (χ1v) is 9.40. The summed E-state index contributed by atoms with van der Waals surface area (Å²) in [5, 5.41) is 9.44. The molecule has 1 aromatic heterocycles. The second kappa shape index (κ2) is 7.18. The molecule has 4 aromatic rings. The number of thiazole rings is 1. The number of aromatic nitrogens is 1. The number of nitrogens with zero attached hydrogens (tertiary/aromatic N) is 1. The standard InChI is InChI=1S/C22H20N2S/c1-16(20-13-7-11-17-8-5-6-12-21(17)20)23-14-19-15-25-22(24-19)18-9-3-2-4-10-18/h2-13,15-16,23H,14H2,1H3/t16-/m1/s1. The van der Waals surface area contributed by atoms with Gasteiger partial charge in [-0.05, 0) is 23.3 Å². The highest BCUT2D eigenvalue weighted by molar-refractivity contribution is 7.13. The topological polar surface area (TPSA) is 24.9 Å². The molecule has 0 amide bonds. The lowest BCUT2D eigenvalue weighted by atomic mass is 10.00. The lowest BCUT2D eigenvalue weighted by Crippen LogP contribution is -2.18. The Hall–Kier alpha value is -2.49. The van der Waals surface area contributed by atoms with Crippen molar-refractivity contribution in [2.45, 2.75) is 19.5 Å². The second-order valence-electron chi connectivity index (χ2n) is 6.18. The summed E-state index contributed by atoms with van der Waals surface area (Å²) in [5.74, 6) is 0. The Kier molecular flexibility index (Phi) is 4.59. The predicted molar refractivity (Wildman–Crippen MR) is 107 cm³/mol. The van der Waals surface area contributed by atoms with Crippen molar-refractivity contribution in [1.29, 1.82) is 0 Å². The maximum Gasteiger partial charge on any atom is 0.123 e. The number of benzene rings is 3. The first kappa shape index (κ1) is 16.0. The number of hydrogen-bond acceptors (Lipinski definition) is 3. The first-order valence-electron chi connectivity index (χ1n) is 8.52. The minimum atomic E-state index is 0.271. The fourth-order valence-corrected chi connectivity index (χ4v) is 3.92. The third-order valence-corrected chi connectivity index (χ3v) is 5.39. The van der Waals surface area contributed by atoms with Gasteiger partial charge in [-0.1, -0.05) is 72.8 Å². The highest BCUT2D eigenvalue weighted by Gasteiger charge is 2.10. The molecule has 3 aromatic carbocycles. The van der Waals surface area contributed by atoms with Gasteiger partial charge in [0.15, 0.2) is 0 Å². The van der Waals surface area contributed by atoms with Crippen LogP contribution < -0.4 is 5.32 Å². The van der Waals surface area contributed by atoms with E-state index in [0.717, 1.165) is 17.2 Å². The van der Waals surface area contributed by atoms with Gasteiger partial charge in [-0.25, -0.2) is 4.98 Å². The van der Waals surface area contributed by atoms with Crippen LogP contribution in [0.25, 0.3) is 21.3 Å². The van der Waals surface area contributed by atoms with Gasteiger partial charge in [0.2, 0.25) is 0 Å². The van der Waals surface area contributed by atoms with Crippen LogP contribution in [0.5, 0.6) is 0 Å². The molecule has 0 saturated heterocycles. The zero-order valence-electron chi connectivity index (χ0n) is 14.1. The van der Waals surface area contributed by atoms with Crippen molar-refractivity contribution in [3.63, 3.8) is 0 Å². The molecule has 0 radical (unpaired) electrons. The molecule has 25 heavy (non-hydrogen) atoms. The quantitative estimate of drug-likeness (QED) is 0.494. The van der Waals surface area contributed by atoms with Crippen LogP contribution >= 0.6 is 11.3 Å². The van der Waals surface area contributed by atoms with Crippen molar-refractivity contribution in [3.8, 4) is 10.6 Å². The van der Waals surface area contributed by atoms with Crippen LogP contribution in [0.4, 0.5) is 0 Å². The number of fused-ring (bicyclic) bond motifs is 1. The lowest BCUT2D eigenvalue weighted by molar-refractivity contribution is 0.572. The summed E-state index contributed by atoms with van der Waals surface area (Å²) in [5.41, 5.74) is 3.61. The van der Waals surface area contributed by atoms with Crippen molar-refractivity contribution in [2.24, 2.45) is 0 Å². The van der Waals surface area contributed by atoms with Gasteiger partial charge < -0.3 is 5.32 Å². The molecule has 3 heteroatoms. The minimum Gasteiger partial charge on any atom is -0.305 e. The molecule has 0 fully saturated rings. The van der Waals surface area contributed by atoms with E-state index in [1.165, 1.54) is 21.9 Å². The molecule has 0 aliphatic carbocycles. The summed E-state index contributed by atoms with van der Waals surface area (Å²) in [6.07, 6.45) is 0. The molecule has 1 N–H and O–H groups in total. The summed E-state index contributed by atoms with van der Waals surface area (Å²) >= 11 is 1.70. The van der Waals surface area contributed by atoms with Crippen molar-refractivity contribution >= 4 is 22.1 Å². The van der Waals surface area contributed by atoms with E-state index in [-0.39, 0.29) is 6.04 Å².